The zero-order valence-corrected chi connectivity index (χ0v) is 17.8. The Bertz CT molecular complexity index is 1060. The molecular weight excluding hydrogens is 394 g/mol. The maximum Gasteiger partial charge on any atom is 0.291 e. The van der Waals surface area contributed by atoms with Crippen LogP contribution in [-0.4, -0.2) is 60.4 Å². The number of hydrogen-bond acceptors (Lipinski definition) is 5. The number of rotatable bonds is 6. The van der Waals surface area contributed by atoms with Gasteiger partial charge in [0.1, 0.15) is 17.0 Å². The van der Waals surface area contributed by atoms with Crippen LogP contribution < -0.4 is 10.1 Å². The second kappa shape index (κ2) is 9.22. The fourth-order valence-corrected chi connectivity index (χ4v) is 3.71. The smallest absolute Gasteiger partial charge is 0.291 e. The Kier molecular flexibility index (Phi) is 6.23. The van der Waals surface area contributed by atoms with E-state index in [0.29, 0.717) is 35.5 Å². The molecule has 2 heterocycles. The zero-order valence-electron chi connectivity index (χ0n) is 17.8. The molecule has 162 valence electrons. The molecule has 4 rings (SSSR count). The first-order valence-corrected chi connectivity index (χ1v) is 10.6. The van der Waals surface area contributed by atoms with Gasteiger partial charge in [-0.05, 0) is 37.7 Å². The van der Waals surface area contributed by atoms with Crippen molar-refractivity contribution in [1.82, 2.24) is 9.80 Å². The topological polar surface area (TPSA) is 75.0 Å². The molecule has 7 nitrogen and oxygen atoms in total. The molecule has 0 spiro atoms. The Labute approximate surface area is 181 Å². The summed E-state index contributed by atoms with van der Waals surface area (Å²) in [7, 11) is 0. The van der Waals surface area contributed by atoms with Crippen LogP contribution in [0.2, 0.25) is 0 Å². The molecule has 0 saturated carbocycles. The van der Waals surface area contributed by atoms with Crippen LogP contribution >= 0.6 is 0 Å². The fourth-order valence-electron chi connectivity index (χ4n) is 3.71. The maximum absolute atomic E-state index is 13.3. The number of nitrogens with one attached hydrogen (secondary N) is 1. The van der Waals surface area contributed by atoms with Gasteiger partial charge in [-0.2, -0.15) is 0 Å². The van der Waals surface area contributed by atoms with E-state index in [1.54, 1.807) is 30.0 Å². The van der Waals surface area contributed by atoms with E-state index in [1.165, 1.54) is 0 Å². The van der Waals surface area contributed by atoms with E-state index in [4.69, 9.17) is 9.15 Å². The van der Waals surface area contributed by atoms with Crippen LogP contribution in [0.25, 0.3) is 11.0 Å². The molecule has 31 heavy (non-hydrogen) atoms. The Hall–Kier alpha value is -3.32. The summed E-state index contributed by atoms with van der Waals surface area (Å²) in [5, 5.41) is 3.57. The lowest BCUT2D eigenvalue weighted by Crippen LogP contribution is -2.48. The summed E-state index contributed by atoms with van der Waals surface area (Å²) < 4.78 is 11.6. The number of carbonyl (C=O) groups is 2. The number of para-hydroxylation sites is 2. The van der Waals surface area contributed by atoms with Gasteiger partial charge in [0.15, 0.2) is 6.10 Å². The zero-order chi connectivity index (χ0) is 21.8. The predicted octanol–water partition coefficient (Wildman–Crippen LogP) is 3.62. The predicted molar refractivity (Wildman–Crippen MR) is 119 cm³/mol. The van der Waals surface area contributed by atoms with Crippen molar-refractivity contribution in [3.05, 3.63) is 60.4 Å². The quantitative estimate of drug-likeness (QED) is 0.658. The van der Waals surface area contributed by atoms with E-state index in [-0.39, 0.29) is 17.6 Å². The largest absolute Gasteiger partial charge is 0.481 e. The number of hydrogen-bond donors (Lipinski definition) is 1. The summed E-state index contributed by atoms with van der Waals surface area (Å²) in [6.45, 7) is 7.67. The van der Waals surface area contributed by atoms with Crippen molar-refractivity contribution in [3.63, 3.8) is 0 Å². The third kappa shape index (κ3) is 4.56. The minimum absolute atomic E-state index is 0.159. The first-order chi connectivity index (χ1) is 15.1. The maximum atomic E-state index is 13.3. The number of amides is 2. The Morgan fingerprint density at radius 3 is 2.42 bits per heavy atom. The summed E-state index contributed by atoms with van der Waals surface area (Å²) in [6, 6.07) is 16.5. The highest BCUT2D eigenvalue weighted by atomic mass is 16.5. The second-order valence-corrected chi connectivity index (χ2v) is 7.59. The molecular formula is C24H27N3O4. The van der Waals surface area contributed by atoms with Crippen LogP contribution in [0.15, 0.2) is 59.0 Å². The first-order valence-electron chi connectivity index (χ1n) is 10.6. The van der Waals surface area contributed by atoms with Crippen molar-refractivity contribution in [2.75, 3.05) is 38.0 Å². The van der Waals surface area contributed by atoms with E-state index in [1.807, 2.05) is 36.4 Å². The van der Waals surface area contributed by atoms with Crippen LogP contribution in [0.4, 0.5) is 5.69 Å². The van der Waals surface area contributed by atoms with Gasteiger partial charge in [-0.1, -0.05) is 37.3 Å². The normalized spacial score (nSPS) is 15.6. The molecule has 1 fully saturated rings. The third-order valence-corrected chi connectivity index (χ3v) is 5.57. The number of likely N-dealkylation sites (N-methyl/N-ethyl adjacent to an activating group) is 1. The van der Waals surface area contributed by atoms with Crippen molar-refractivity contribution >= 4 is 28.5 Å². The first kappa shape index (κ1) is 20.9. The number of piperazine rings is 1. The Morgan fingerprint density at radius 2 is 1.71 bits per heavy atom. The van der Waals surface area contributed by atoms with Gasteiger partial charge in [-0.25, -0.2) is 0 Å². The molecule has 1 unspecified atom stereocenters. The van der Waals surface area contributed by atoms with Gasteiger partial charge in [-0.3, -0.25) is 9.59 Å². The van der Waals surface area contributed by atoms with Gasteiger partial charge in [0.2, 0.25) is 5.76 Å². The highest BCUT2D eigenvalue weighted by Crippen LogP contribution is 2.32. The molecule has 3 aromatic rings. The molecule has 7 heteroatoms. The summed E-state index contributed by atoms with van der Waals surface area (Å²) in [4.78, 5) is 30.2. The van der Waals surface area contributed by atoms with Crippen LogP contribution in [0.1, 0.15) is 24.4 Å². The standard InChI is InChI=1S/C24H27N3O4/c1-3-26-13-15-27(16-14-26)24(29)22-21(19-11-7-8-12-20(19)31-22)25-23(28)17(2)30-18-9-5-4-6-10-18/h4-12,17H,3,13-16H2,1-2H3,(H,25,28). The number of furan rings is 1. The van der Waals surface area contributed by atoms with Crippen molar-refractivity contribution in [3.8, 4) is 5.75 Å². The molecule has 0 radical (unpaired) electrons. The van der Waals surface area contributed by atoms with E-state index in [0.717, 1.165) is 19.6 Å². The van der Waals surface area contributed by atoms with E-state index >= 15 is 0 Å². The van der Waals surface area contributed by atoms with Crippen molar-refractivity contribution in [2.24, 2.45) is 0 Å². The number of ether oxygens (including phenoxy) is 1. The molecule has 1 atom stereocenters. The van der Waals surface area contributed by atoms with Gasteiger partial charge < -0.3 is 24.3 Å². The molecule has 1 aromatic heterocycles. The fraction of sp³-hybridized carbons (Fsp3) is 0.333. The van der Waals surface area contributed by atoms with Gasteiger partial charge in [0.05, 0.1) is 0 Å². The van der Waals surface area contributed by atoms with Crippen molar-refractivity contribution < 1.29 is 18.7 Å². The minimum Gasteiger partial charge on any atom is -0.481 e. The van der Waals surface area contributed by atoms with Crippen LogP contribution in [0.3, 0.4) is 0 Å². The minimum atomic E-state index is -0.743. The summed E-state index contributed by atoms with van der Waals surface area (Å²) >= 11 is 0. The summed E-state index contributed by atoms with van der Waals surface area (Å²) in [5.74, 6) is 0.206. The highest BCUT2D eigenvalue weighted by Gasteiger charge is 2.29. The highest BCUT2D eigenvalue weighted by molar-refractivity contribution is 6.11. The monoisotopic (exact) mass is 421 g/mol. The molecule has 0 bridgehead atoms. The van der Waals surface area contributed by atoms with Crippen molar-refractivity contribution in [2.45, 2.75) is 20.0 Å². The SMILES string of the molecule is CCN1CCN(C(=O)c2oc3ccccc3c2NC(=O)C(C)Oc2ccccc2)CC1. The molecule has 0 aliphatic carbocycles. The van der Waals surface area contributed by atoms with Gasteiger partial charge >= 0.3 is 0 Å². The molecule has 2 aromatic carbocycles. The van der Waals surface area contributed by atoms with E-state index in [9.17, 15) is 9.59 Å². The number of nitrogens with zero attached hydrogens (tertiary/aromatic N) is 2. The molecule has 1 N–H and O–H groups in total. The van der Waals surface area contributed by atoms with Crippen LogP contribution in [0.5, 0.6) is 5.75 Å². The van der Waals surface area contributed by atoms with Crippen molar-refractivity contribution in [1.29, 1.82) is 0 Å². The van der Waals surface area contributed by atoms with Gasteiger partial charge in [0.25, 0.3) is 11.8 Å². The number of benzene rings is 2. The van der Waals surface area contributed by atoms with Crippen LogP contribution in [-0.2, 0) is 4.79 Å². The molecule has 1 aliphatic rings. The lowest BCUT2D eigenvalue weighted by Gasteiger charge is -2.33. The number of anilines is 1. The van der Waals surface area contributed by atoms with Crippen LogP contribution in [0, 0.1) is 0 Å². The molecule has 1 saturated heterocycles. The average Bonchev–Trinajstić information content (AvgIpc) is 3.17. The Balaban J connectivity index is 1.56. The van der Waals surface area contributed by atoms with Gasteiger partial charge in [0, 0.05) is 31.6 Å². The summed E-state index contributed by atoms with van der Waals surface area (Å²) in [6.07, 6.45) is -0.743. The third-order valence-electron chi connectivity index (χ3n) is 5.57. The van der Waals surface area contributed by atoms with E-state index < -0.39 is 6.10 Å². The summed E-state index contributed by atoms with van der Waals surface area (Å²) in [5.41, 5.74) is 0.956. The number of fused-ring (bicyclic) bond motifs is 1. The van der Waals surface area contributed by atoms with E-state index in [2.05, 4.69) is 17.1 Å². The Morgan fingerprint density at radius 1 is 1.03 bits per heavy atom. The molecule has 2 amide bonds. The number of carbonyl (C=O) groups excluding carboxylic acids is 2. The second-order valence-electron chi connectivity index (χ2n) is 7.59. The lowest BCUT2D eigenvalue weighted by molar-refractivity contribution is -0.122. The average molecular weight is 421 g/mol. The molecule has 1 aliphatic heterocycles. The van der Waals surface area contributed by atoms with Gasteiger partial charge in [-0.15, -0.1) is 0 Å². The lowest BCUT2D eigenvalue weighted by atomic mass is 10.2.